The van der Waals surface area contributed by atoms with Crippen LogP contribution in [-0.4, -0.2) is 24.4 Å². The third-order valence-corrected chi connectivity index (χ3v) is 4.58. The van der Waals surface area contributed by atoms with Crippen molar-refractivity contribution in [1.29, 1.82) is 5.26 Å². The summed E-state index contributed by atoms with van der Waals surface area (Å²) < 4.78 is 0. The Labute approximate surface area is 152 Å². The molecule has 1 heterocycles. The topological polar surface area (TPSA) is 99.2 Å². The molecular formula is C20H20N4O2. The highest BCUT2D eigenvalue weighted by Gasteiger charge is 2.35. The summed E-state index contributed by atoms with van der Waals surface area (Å²) in [6.45, 7) is 2.58. The van der Waals surface area contributed by atoms with Crippen molar-refractivity contribution in [2.24, 2.45) is 5.73 Å². The number of nitrogens with one attached hydrogen (secondary N) is 1. The molecule has 0 bridgehead atoms. The molecule has 3 N–H and O–H groups in total. The Morgan fingerprint density at radius 1 is 1.23 bits per heavy atom. The molecular weight excluding hydrogens is 328 g/mol. The van der Waals surface area contributed by atoms with Crippen molar-refractivity contribution in [2.45, 2.75) is 25.4 Å². The Kier molecular flexibility index (Phi) is 5.01. The summed E-state index contributed by atoms with van der Waals surface area (Å²) in [7, 11) is 0. The van der Waals surface area contributed by atoms with E-state index in [1.54, 1.807) is 29.2 Å². The Morgan fingerprint density at radius 2 is 1.88 bits per heavy atom. The van der Waals surface area contributed by atoms with E-state index in [-0.39, 0.29) is 5.91 Å². The number of nitrogens with zero attached hydrogens (tertiary/aromatic N) is 2. The molecule has 0 unspecified atom stereocenters. The molecule has 2 aromatic rings. The third-order valence-electron chi connectivity index (χ3n) is 4.58. The first-order chi connectivity index (χ1) is 12.5. The number of benzene rings is 2. The lowest BCUT2D eigenvalue weighted by Crippen LogP contribution is -2.44. The van der Waals surface area contributed by atoms with E-state index in [0.717, 1.165) is 11.3 Å². The van der Waals surface area contributed by atoms with Gasteiger partial charge >= 0.3 is 0 Å². The molecule has 6 nitrogen and oxygen atoms in total. The predicted molar refractivity (Wildman–Crippen MR) is 98.2 cm³/mol. The second-order valence-electron chi connectivity index (χ2n) is 6.40. The van der Waals surface area contributed by atoms with Crippen molar-refractivity contribution in [3.05, 3.63) is 65.2 Å². The number of amides is 2. The summed E-state index contributed by atoms with van der Waals surface area (Å²) in [5, 5.41) is 12.0. The average molecular weight is 348 g/mol. The molecule has 132 valence electrons. The van der Waals surface area contributed by atoms with Gasteiger partial charge in [-0.3, -0.25) is 14.9 Å². The number of anilines is 1. The zero-order valence-corrected chi connectivity index (χ0v) is 14.5. The smallest absolute Gasteiger partial charge is 0.244 e. The summed E-state index contributed by atoms with van der Waals surface area (Å²) in [4.78, 5) is 26.4. The first-order valence-electron chi connectivity index (χ1n) is 8.43. The lowest BCUT2D eigenvalue weighted by Gasteiger charge is -2.21. The van der Waals surface area contributed by atoms with Crippen LogP contribution in [0.4, 0.5) is 5.69 Å². The van der Waals surface area contributed by atoms with Crippen LogP contribution in [0.25, 0.3) is 0 Å². The number of hydrogen-bond acceptors (Lipinski definition) is 4. The molecule has 2 atom stereocenters. The monoisotopic (exact) mass is 348 g/mol. The lowest BCUT2D eigenvalue weighted by atomic mass is 10.0. The van der Waals surface area contributed by atoms with E-state index >= 15 is 0 Å². The van der Waals surface area contributed by atoms with Crippen LogP contribution in [0.5, 0.6) is 0 Å². The number of nitrogens with two attached hydrogens (primary N) is 1. The maximum absolute atomic E-state index is 12.7. The van der Waals surface area contributed by atoms with Crippen LogP contribution < -0.4 is 16.0 Å². The summed E-state index contributed by atoms with van der Waals surface area (Å²) in [5.41, 5.74) is 8.65. The molecule has 1 saturated heterocycles. The fourth-order valence-electron chi connectivity index (χ4n) is 3.11. The summed E-state index contributed by atoms with van der Waals surface area (Å²) in [5.74, 6) is -0.634. The largest absolute Gasteiger partial charge is 0.368 e. The van der Waals surface area contributed by atoms with Crippen LogP contribution in [0.15, 0.2) is 48.5 Å². The Balaban J connectivity index is 1.75. The molecule has 6 heteroatoms. The third kappa shape index (κ3) is 3.58. The molecule has 2 aromatic carbocycles. The standard InChI is InChI=1S/C20H20N4O2/c1-13-2-8-16(9-3-13)24-11-10-17(20(24)26)23-18(19(22)25)15-6-4-14(12-21)5-7-15/h2-9,17-18,23H,10-11H2,1H3,(H2,22,25)/t17-,18+/m1/s1. The molecule has 0 saturated carbocycles. The average Bonchev–Trinajstić information content (AvgIpc) is 3.01. The van der Waals surface area contributed by atoms with E-state index < -0.39 is 18.0 Å². The van der Waals surface area contributed by atoms with Gasteiger partial charge in [0.05, 0.1) is 17.7 Å². The molecule has 3 rings (SSSR count). The molecule has 0 radical (unpaired) electrons. The van der Waals surface area contributed by atoms with Crippen LogP contribution in [0.2, 0.25) is 0 Å². The minimum absolute atomic E-state index is 0.0752. The van der Waals surface area contributed by atoms with Gasteiger partial charge in [0.1, 0.15) is 6.04 Å². The van der Waals surface area contributed by atoms with Crippen LogP contribution in [0.3, 0.4) is 0 Å². The van der Waals surface area contributed by atoms with Crippen molar-refractivity contribution in [2.75, 3.05) is 11.4 Å². The van der Waals surface area contributed by atoms with Crippen molar-refractivity contribution in [3.63, 3.8) is 0 Å². The van der Waals surface area contributed by atoms with Crippen molar-refractivity contribution in [1.82, 2.24) is 5.32 Å². The van der Waals surface area contributed by atoms with Gasteiger partial charge in [-0.25, -0.2) is 0 Å². The second kappa shape index (κ2) is 7.38. The Hall–Kier alpha value is -3.17. The summed E-state index contributed by atoms with van der Waals surface area (Å²) in [6, 6.07) is 15.1. The number of primary amides is 1. The van der Waals surface area contributed by atoms with E-state index in [1.807, 2.05) is 37.3 Å². The van der Waals surface area contributed by atoms with Gasteiger partial charge in [-0.15, -0.1) is 0 Å². The molecule has 0 spiro atoms. The highest BCUT2D eigenvalue weighted by molar-refractivity contribution is 5.99. The number of carbonyl (C=O) groups excluding carboxylic acids is 2. The summed E-state index contributed by atoms with van der Waals surface area (Å²) in [6.07, 6.45) is 0.590. The van der Waals surface area contributed by atoms with Gasteiger partial charge in [0.25, 0.3) is 0 Å². The maximum atomic E-state index is 12.7. The fraction of sp³-hybridized carbons (Fsp3) is 0.250. The van der Waals surface area contributed by atoms with Crippen LogP contribution in [0.1, 0.15) is 29.2 Å². The van der Waals surface area contributed by atoms with Gasteiger partial charge in [0, 0.05) is 12.2 Å². The lowest BCUT2D eigenvalue weighted by molar-refractivity contribution is -0.121. The van der Waals surface area contributed by atoms with Crippen LogP contribution >= 0.6 is 0 Å². The van der Waals surface area contributed by atoms with Crippen LogP contribution in [-0.2, 0) is 9.59 Å². The van der Waals surface area contributed by atoms with E-state index in [0.29, 0.717) is 24.1 Å². The number of aryl methyl sites for hydroxylation is 1. The number of hydrogen-bond donors (Lipinski definition) is 2. The highest BCUT2D eigenvalue weighted by atomic mass is 16.2. The zero-order chi connectivity index (χ0) is 18.7. The molecule has 26 heavy (non-hydrogen) atoms. The van der Waals surface area contributed by atoms with E-state index in [2.05, 4.69) is 5.32 Å². The normalized spacial score (nSPS) is 17.8. The molecule has 1 aliphatic heterocycles. The quantitative estimate of drug-likeness (QED) is 0.860. The van der Waals surface area contributed by atoms with Gasteiger partial charge in [-0.1, -0.05) is 29.8 Å². The second-order valence-corrected chi connectivity index (χ2v) is 6.40. The first kappa shape index (κ1) is 17.6. The highest BCUT2D eigenvalue weighted by Crippen LogP contribution is 2.24. The maximum Gasteiger partial charge on any atom is 0.244 e. The SMILES string of the molecule is Cc1ccc(N2CC[C@@H](N[C@H](C(N)=O)c3ccc(C#N)cc3)C2=O)cc1. The van der Waals surface area contributed by atoms with E-state index in [9.17, 15) is 9.59 Å². The van der Waals surface area contributed by atoms with Crippen molar-refractivity contribution in [3.8, 4) is 6.07 Å². The first-order valence-corrected chi connectivity index (χ1v) is 8.43. The van der Waals surface area contributed by atoms with E-state index in [4.69, 9.17) is 11.0 Å². The van der Waals surface area contributed by atoms with Crippen LogP contribution in [0, 0.1) is 18.3 Å². The molecule has 0 aromatic heterocycles. The Bertz CT molecular complexity index is 853. The molecule has 2 amide bonds. The number of nitriles is 1. The minimum atomic E-state index is -0.783. The van der Waals surface area contributed by atoms with Gasteiger partial charge in [-0.05, 0) is 43.2 Å². The van der Waals surface area contributed by atoms with Crippen molar-refractivity contribution >= 4 is 17.5 Å². The van der Waals surface area contributed by atoms with Gasteiger partial charge in [0.2, 0.25) is 11.8 Å². The zero-order valence-electron chi connectivity index (χ0n) is 14.5. The van der Waals surface area contributed by atoms with E-state index in [1.165, 1.54) is 0 Å². The predicted octanol–water partition coefficient (Wildman–Crippen LogP) is 1.79. The van der Waals surface area contributed by atoms with Gasteiger partial charge < -0.3 is 10.6 Å². The van der Waals surface area contributed by atoms with Gasteiger partial charge in [0.15, 0.2) is 0 Å². The molecule has 1 aliphatic rings. The fourth-order valence-corrected chi connectivity index (χ4v) is 3.11. The van der Waals surface area contributed by atoms with Crippen molar-refractivity contribution < 1.29 is 9.59 Å². The molecule has 1 fully saturated rings. The number of carbonyl (C=O) groups is 2. The number of rotatable bonds is 5. The summed E-state index contributed by atoms with van der Waals surface area (Å²) >= 11 is 0. The van der Waals surface area contributed by atoms with Gasteiger partial charge in [-0.2, -0.15) is 5.26 Å². The Morgan fingerprint density at radius 3 is 2.46 bits per heavy atom. The minimum Gasteiger partial charge on any atom is -0.368 e. The molecule has 0 aliphatic carbocycles.